The van der Waals surface area contributed by atoms with Gasteiger partial charge in [0, 0.05) is 31.5 Å². The standard InChI is InChI=1S/C20H19ClN6O3S/c1-12-9-20(30-14-4-2-3-13(21)17(12)14)5-7-26(8-6-20)19-22-10-15(31-19)18-23-25-27(24-18)11-16(28)29/h2-4,9-10H,5-8,11H2,1H3,(H,28,29). The Bertz CT molecular complexity index is 1180. The summed E-state index contributed by atoms with van der Waals surface area (Å²) in [6, 6.07) is 5.78. The van der Waals surface area contributed by atoms with Gasteiger partial charge >= 0.3 is 5.97 Å². The first-order valence-electron chi connectivity index (χ1n) is 9.81. The lowest BCUT2D eigenvalue weighted by molar-refractivity contribution is -0.138. The molecule has 1 N–H and O–H groups in total. The van der Waals surface area contributed by atoms with Gasteiger partial charge < -0.3 is 14.7 Å². The van der Waals surface area contributed by atoms with Crippen molar-refractivity contribution >= 4 is 39.6 Å². The van der Waals surface area contributed by atoms with Crippen molar-refractivity contribution in [1.82, 2.24) is 25.2 Å². The fourth-order valence-electron chi connectivity index (χ4n) is 4.05. The molecule has 2 aliphatic rings. The summed E-state index contributed by atoms with van der Waals surface area (Å²) in [5.41, 5.74) is 1.79. The molecule has 160 valence electrons. The third kappa shape index (κ3) is 3.77. The van der Waals surface area contributed by atoms with Crippen LogP contribution in [0.2, 0.25) is 5.02 Å². The van der Waals surface area contributed by atoms with Crippen LogP contribution in [0.1, 0.15) is 25.3 Å². The van der Waals surface area contributed by atoms with Crippen molar-refractivity contribution in [3.05, 3.63) is 41.1 Å². The predicted octanol–water partition coefficient (Wildman–Crippen LogP) is 3.37. The lowest BCUT2D eigenvalue weighted by atomic mass is 9.85. The minimum absolute atomic E-state index is 0.325. The van der Waals surface area contributed by atoms with Crippen LogP contribution in [-0.4, -0.2) is 55.0 Å². The van der Waals surface area contributed by atoms with Crippen LogP contribution in [0.5, 0.6) is 5.75 Å². The van der Waals surface area contributed by atoms with Crippen LogP contribution in [0, 0.1) is 0 Å². The average molecular weight is 459 g/mol. The average Bonchev–Trinajstić information content (AvgIpc) is 3.37. The highest BCUT2D eigenvalue weighted by molar-refractivity contribution is 7.18. The lowest BCUT2D eigenvalue weighted by Gasteiger charge is -2.42. The van der Waals surface area contributed by atoms with Gasteiger partial charge in [-0.25, -0.2) is 4.98 Å². The molecule has 1 saturated heterocycles. The molecule has 0 amide bonds. The highest BCUT2D eigenvalue weighted by atomic mass is 35.5. The van der Waals surface area contributed by atoms with Crippen molar-refractivity contribution in [1.29, 1.82) is 0 Å². The molecular formula is C20H19ClN6O3S. The first kappa shape index (κ1) is 20.0. The first-order chi connectivity index (χ1) is 14.9. The van der Waals surface area contributed by atoms with Gasteiger partial charge in [0.1, 0.15) is 11.4 Å². The normalized spacial score (nSPS) is 17.2. The largest absolute Gasteiger partial charge is 0.482 e. The molecule has 4 heterocycles. The van der Waals surface area contributed by atoms with E-state index in [9.17, 15) is 4.79 Å². The minimum Gasteiger partial charge on any atom is -0.482 e. The van der Waals surface area contributed by atoms with E-state index in [4.69, 9.17) is 21.4 Å². The predicted molar refractivity (Wildman–Crippen MR) is 116 cm³/mol. The Morgan fingerprint density at radius 2 is 2.16 bits per heavy atom. The van der Waals surface area contributed by atoms with E-state index in [1.54, 1.807) is 6.20 Å². The number of ether oxygens (including phenoxy) is 1. The van der Waals surface area contributed by atoms with Gasteiger partial charge in [-0.05, 0) is 35.9 Å². The molecule has 0 aliphatic carbocycles. The molecule has 0 bridgehead atoms. The number of thiazole rings is 1. The summed E-state index contributed by atoms with van der Waals surface area (Å²) in [5, 5.41) is 22.2. The molecule has 0 saturated carbocycles. The SMILES string of the molecule is CC1=CC2(CCN(c3ncc(-c4nnn(CC(=O)O)n4)s3)CC2)Oc2cccc(Cl)c21. The number of carbonyl (C=O) groups is 1. The number of hydrogen-bond acceptors (Lipinski definition) is 8. The molecule has 1 aromatic carbocycles. The zero-order valence-corrected chi connectivity index (χ0v) is 18.2. The zero-order valence-electron chi connectivity index (χ0n) is 16.7. The third-order valence-electron chi connectivity index (χ3n) is 5.49. The van der Waals surface area contributed by atoms with Gasteiger partial charge in [0.05, 0.1) is 16.1 Å². The monoisotopic (exact) mass is 458 g/mol. The van der Waals surface area contributed by atoms with Crippen molar-refractivity contribution in [2.24, 2.45) is 0 Å². The lowest BCUT2D eigenvalue weighted by Crippen LogP contribution is -2.48. The van der Waals surface area contributed by atoms with Crippen molar-refractivity contribution in [2.45, 2.75) is 31.9 Å². The maximum Gasteiger partial charge on any atom is 0.327 e. The zero-order chi connectivity index (χ0) is 21.6. The third-order valence-corrected chi connectivity index (χ3v) is 6.86. The van der Waals surface area contributed by atoms with Crippen LogP contribution in [0.25, 0.3) is 16.3 Å². The van der Waals surface area contributed by atoms with E-state index in [0.29, 0.717) is 10.8 Å². The van der Waals surface area contributed by atoms with Crippen molar-refractivity contribution < 1.29 is 14.6 Å². The Morgan fingerprint density at radius 1 is 1.35 bits per heavy atom. The number of benzene rings is 1. The Labute approximate surface area is 186 Å². The second-order valence-corrected chi connectivity index (χ2v) is 9.05. The van der Waals surface area contributed by atoms with E-state index in [0.717, 1.165) is 57.6 Å². The maximum atomic E-state index is 10.8. The molecule has 1 spiro atoms. The number of rotatable bonds is 4. The fourth-order valence-corrected chi connectivity index (χ4v) is 5.26. The number of aliphatic carboxylic acids is 1. The number of hydrogen-bond donors (Lipinski definition) is 1. The Hall–Kier alpha value is -2.98. The molecule has 31 heavy (non-hydrogen) atoms. The smallest absolute Gasteiger partial charge is 0.327 e. The number of piperidine rings is 1. The number of aromatic nitrogens is 5. The van der Waals surface area contributed by atoms with Gasteiger partial charge in [0.15, 0.2) is 11.7 Å². The van der Waals surface area contributed by atoms with E-state index in [1.165, 1.54) is 11.3 Å². The topological polar surface area (TPSA) is 106 Å². The second-order valence-electron chi connectivity index (χ2n) is 7.64. The number of carboxylic acids is 1. The van der Waals surface area contributed by atoms with Gasteiger partial charge in [0.25, 0.3) is 0 Å². The number of anilines is 1. The van der Waals surface area contributed by atoms with E-state index in [1.807, 2.05) is 18.2 Å². The van der Waals surface area contributed by atoms with Crippen LogP contribution < -0.4 is 9.64 Å². The molecule has 0 atom stereocenters. The number of fused-ring (bicyclic) bond motifs is 1. The summed E-state index contributed by atoms with van der Waals surface area (Å²) in [6.07, 6.45) is 5.57. The summed E-state index contributed by atoms with van der Waals surface area (Å²) >= 11 is 7.83. The van der Waals surface area contributed by atoms with E-state index in [-0.39, 0.29) is 12.1 Å². The highest BCUT2D eigenvalue weighted by Crippen LogP contribution is 2.44. The molecule has 9 nitrogen and oxygen atoms in total. The van der Waals surface area contributed by atoms with E-state index in [2.05, 4.69) is 38.3 Å². The van der Waals surface area contributed by atoms with Crippen LogP contribution in [0.3, 0.4) is 0 Å². The molecular weight excluding hydrogens is 440 g/mol. The molecule has 2 aromatic heterocycles. The quantitative estimate of drug-likeness (QED) is 0.634. The Balaban J connectivity index is 1.29. The highest BCUT2D eigenvalue weighted by Gasteiger charge is 2.39. The molecule has 3 aromatic rings. The summed E-state index contributed by atoms with van der Waals surface area (Å²) in [6.45, 7) is 3.35. The van der Waals surface area contributed by atoms with Gasteiger partial charge in [-0.1, -0.05) is 29.0 Å². The van der Waals surface area contributed by atoms with E-state index >= 15 is 0 Å². The number of tetrazole rings is 1. The van der Waals surface area contributed by atoms with Crippen molar-refractivity contribution in [2.75, 3.05) is 18.0 Å². The van der Waals surface area contributed by atoms with Gasteiger partial charge in [-0.3, -0.25) is 4.79 Å². The fraction of sp³-hybridized carbons (Fsp3) is 0.350. The maximum absolute atomic E-state index is 10.8. The Morgan fingerprint density at radius 3 is 2.94 bits per heavy atom. The molecule has 1 fully saturated rings. The van der Waals surface area contributed by atoms with E-state index < -0.39 is 5.97 Å². The molecule has 11 heteroatoms. The molecule has 2 aliphatic heterocycles. The molecule has 0 radical (unpaired) electrons. The van der Waals surface area contributed by atoms with Crippen LogP contribution in [0.4, 0.5) is 5.13 Å². The van der Waals surface area contributed by atoms with Crippen molar-refractivity contribution in [3.8, 4) is 16.5 Å². The van der Waals surface area contributed by atoms with Crippen molar-refractivity contribution in [3.63, 3.8) is 0 Å². The Kier molecular flexibility index (Phi) is 4.90. The van der Waals surface area contributed by atoms with Gasteiger partial charge in [-0.2, -0.15) is 4.80 Å². The molecule has 5 rings (SSSR count). The summed E-state index contributed by atoms with van der Waals surface area (Å²) < 4.78 is 6.42. The summed E-state index contributed by atoms with van der Waals surface area (Å²) in [7, 11) is 0. The number of nitrogens with zero attached hydrogens (tertiary/aromatic N) is 6. The number of allylic oxidation sites excluding steroid dienone is 1. The van der Waals surface area contributed by atoms with Gasteiger partial charge in [0.2, 0.25) is 5.82 Å². The van der Waals surface area contributed by atoms with Crippen LogP contribution in [-0.2, 0) is 11.3 Å². The summed E-state index contributed by atoms with van der Waals surface area (Å²) in [5.74, 6) is 0.199. The number of carboxylic acid groups (broad SMARTS) is 1. The summed E-state index contributed by atoms with van der Waals surface area (Å²) in [4.78, 5) is 19.3. The van der Waals surface area contributed by atoms with Crippen LogP contribution in [0.15, 0.2) is 30.5 Å². The number of halogens is 1. The van der Waals surface area contributed by atoms with Crippen LogP contribution >= 0.6 is 22.9 Å². The minimum atomic E-state index is -1.02. The molecule has 0 unspecified atom stereocenters. The van der Waals surface area contributed by atoms with Gasteiger partial charge in [-0.15, -0.1) is 10.2 Å². The first-order valence-corrected chi connectivity index (χ1v) is 11.0. The second kappa shape index (κ2) is 7.61.